The monoisotopic (exact) mass is 189 g/mol. The molecule has 0 saturated carbocycles. The van der Waals surface area contributed by atoms with Gasteiger partial charge in [-0.1, -0.05) is 36.9 Å². The van der Waals surface area contributed by atoms with Crippen LogP contribution < -0.4 is 0 Å². The Balaban J connectivity index is 2.61. The third-order valence-corrected chi connectivity index (χ3v) is 2.08. The third kappa shape index (κ3) is 2.73. The Morgan fingerprint density at radius 2 is 2.07 bits per heavy atom. The van der Waals surface area contributed by atoms with E-state index in [-0.39, 0.29) is 5.91 Å². The lowest BCUT2D eigenvalue weighted by Crippen LogP contribution is -2.26. The summed E-state index contributed by atoms with van der Waals surface area (Å²) in [5.74, 6) is 0.0914. The number of likely N-dealkylation sites (N-methyl/N-ethyl adjacent to an activating group) is 1. The van der Waals surface area contributed by atoms with Crippen molar-refractivity contribution in [1.29, 1.82) is 0 Å². The van der Waals surface area contributed by atoms with Gasteiger partial charge < -0.3 is 4.90 Å². The maximum absolute atomic E-state index is 11.6. The highest BCUT2D eigenvalue weighted by Gasteiger charge is 2.07. The fourth-order valence-electron chi connectivity index (χ4n) is 1.28. The molecular weight excluding hydrogens is 174 g/mol. The molecule has 0 unspecified atom stereocenters. The first-order valence-corrected chi connectivity index (χ1v) is 4.74. The maximum atomic E-state index is 11.6. The molecule has 0 aromatic heterocycles. The van der Waals surface area contributed by atoms with Gasteiger partial charge in [0, 0.05) is 6.54 Å². The molecule has 0 aliphatic carbocycles. The van der Waals surface area contributed by atoms with Gasteiger partial charge >= 0.3 is 0 Å². The molecule has 1 rings (SSSR count). The van der Waals surface area contributed by atoms with Crippen LogP contribution in [0.4, 0.5) is 0 Å². The van der Waals surface area contributed by atoms with Crippen molar-refractivity contribution in [2.24, 2.45) is 0 Å². The van der Waals surface area contributed by atoms with Gasteiger partial charge in [-0.05, 0) is 18.7 Å². The highest BCUT2D eigenvalue weighted by atomic mass is 16.2. The number of hydrogen-bond acceptors (Lipinski definition) is 1. The number of nitrogens with zero attached hydrogens (tertiary/aromatic N) is 1. The zero-order valence-electron chi connectivity index (χ0n) is 8.44. The summed E-state index contributed by atoms with van der Waals surface area (Å²) in [6, 6.07) is 9.72. The molecular formula is C12H15NO. The molecule has 0 heterocycles. The van der Waals surface area contributed by atoms with Crippen molar-refractivity contribution in [1.82, 2.24) is 4.90 Å². The van der Waals surface area contributed by atoms with E-state index in [1.165, 1.54) is 0 Å². The van der Waals surface area contributed by atoms with Crippen LogP contribution in [-0.4, -0.2) is 17.4 Å². The SMILES string of the molecule is C=CN(CC)C(=O)Cc1ccccc1. The molecule has 0 spiro atoms. The van der Waals surface area contributed by atoms with E-state index in [1.54, 1.807) is 11.1 Å². The fraction of sp³-hybridized carbons (Fsp3) is 0.250. The van der Waals surface area contributed by atoms with Crippen LogP contribution in [-0.2, 0) is 11.2 Å². The van der Waals surface area contributed by atoms with E-state index in [0.717, 1.165) is 5.56 Å². The van der Waals surface area contributed by atoms with Crippen LogP contribution in [0, 0.1) is 0 Å². The molecule has 2 heteroatoms. The number of amides is 1. The molecule has 0 N–H and O–H groups in total. The first-order valence-electron chi connectivity index (χ1n) is 4.74. The topological polar surface area (TPSA) is 20.3 Å². The van der Waals surface area contributed by atoms with E-state index in [2.05, 4.69) is 6.58 Å². The van der Waals surface area contributed by atoms with Gasteiger partial charge in [0.05, 0.1) is 6.42 Å². The first-order chi connectivity index (χ1) is 6.77. The zero-order valence-corrected chi connectivity index (χ0v) is 8.44. The molecule has 0 fully saturated rings. The summed E-state index contributed by atoms with van der Waals surface area (Å²) in [6.45, 7) is 6.21. The van der Waals surface area contributed by atoms with E-state index >= 15 is 0 Å². The average molecular weight is 189 g/mol. The third-order valence-electron chi connectivity index (χ3n) is 2.08. The summed E-state index contributed by atoms with van der Waals surface area (Å²) < 4.78 is 0. The molecule has 1 aromatic carbocycles. The quantitative estimate of drug-likeness (QED) is 0.711. The number of benzene rings is 1. The Morgan fingerprint density at radius 1 is 1.43 bits per heavy atom. The highest BCUT2D eigenvalue weighted by Crippen LogP contribution is 2.02. The van der Waals surface area contributed by atoms with Crippen LogP contribution in [0.5, 0.6) is 0 Å². The Bertz CT molecular complexity index is 305. The maximum Gasteiger partial charge on any atom is 0.230 e. The van der Waals surface area contributed by atoms with Gasteiger partial charge in [-0.15, -0.1) is 0 Å². The van der Waals surface area contributed by atoms with Crippen molar-refractivity contribution in [2.75, 3.05) is 6.54 Å². The molecule has 1 aromatic rings. The summed E-state index contributed by atoms with van der Waals surface area (Å²) in [4.78, 5) is 13.2. The van der Waals surface area contributed by atoms with Gasteiger partial charge in [0.15, 0.2) is 0 Å². The molecule has 14 heavy (non-hydrogen) atoms. The van der Waals surface area contributed by atoms with Crippen molar-refractivity contribution in [2.45, 2.75) is 13.3 Å². The number of carbonyl (C=O) groups excluding carboxylic acids is 1. The van der Waals surface area contributed by atoms with Crippen molar-refractivity contribution >= 4 is 5.91 Å². The minimum absolute atomic E-state index is 0.0914. The summed E-state index contributed by atoms with van der Waals surface area (Å²) in [7, 11) is 0. The second-order valence-corrected chi connectivity index (χ2v) is 3.02. The summed E-state index contributed by atoms with van der Waals surface area (Å²) in [6.07, 6.45) is 2.02. The number of carbonyl (C=O) groups is 1. The van der Waals surface area contributed by atoms with Crippen LogP contribution in [0.1, 0.15) is 12.5 Å². The average Bonchev–Trinajstić information content (AvgIpc) is 2.21. The minimum Gasteiger partial charge on any atom is -0.320 e. The van der Waals surface area contributed by atoms with Crippen LogP contribution in [0.2, 0.25) is 0 Å². The Morgan fingerprint density at radius 3 is 2.57 bits per heavy atom. The van der Waals surface area contributed by atoms with Crippen molar-refractivity contribution in [3.05, 3.63) is 48.7 Å². The van der Waals surface area contributed by atoms with Crippen molar-refractivity contribution in [3.8, 4) is 0 Å². The molecule has 74 valence electrons. The minimum atomic E-state index is 0.0914. The zero-order chi connectivity index (χ0) is 10.4. The van der Waals surface area contributed by atoms with E-state index < -0.39 is 0 Å². The molecule has 0 saturated heterocycles. The lowest BCUT2D eigenvalue weighted by Gasteiger charge is -2.15. The Labute approximate surface area is 84.9 Å². The Hall–Kier alpha value is -1.57. The molecule has 0 bridgehead atoms. The van der Waals surface area contributed by atoms with Gasteiger partial charge in [0.25, 0.3) is 0 Å². The van der Waals surface area contributed by atoms with Crippen molar-refractivity contribution in [3.63, 3.8) is 0 Å². The Kier molecular flexibility index (Phi) is 3.92. The molecule has 0 atom stereocenters. The van der Waals surface area contributed by atoms with Gasteiger partial charge in [-0.3, -0.25) is 4.79 Å². The van der Waals surface area contributed by atoms with Crippen LogP contribution in [0.15, 0.2) is 43.1 Å². The lowest BCUT2D eigenvalue weighted by atomic mass is 10.1. The second kappa shape index (κ2) is 5.22. The van der Waals surface area contributed by atoms with E-state index in [9.17, 15) is 4.79 Å². The first kappa shape index (κ1) is 10.5. The van der Waals surface area contributed by atoms with Crippen LogP contribution in [0.3, 0.4) is 0 Å². The van der Waals surface area contributed by atoms with E-state index in [0.29, 0.717) is 13.0 Å². The number of hydrogen-bond donors (Lipinski definition) is 0. The second-order valence-electron chi connectivity index (χ2n) is 3.02. The predicted molar refractivity (Wildman–Crippen MR) is 57.7 cm³/mol. The normalized spacial score (nSPS) is 9.50. The van der Waals surface area contributed by atoms with Gasteiger partial charge in [-0.2, -0.15) is 0 Å². The standard InChI is InChI=1S/C12H15NO/c1-3-13(4-2)12(14)10-11-8-6-5-7-9-11/h3,5-9H,1,4,10H2,2H3. The predicted octanol–water partition coefficient (Wildman–Crippen LogP) is 2.22. The number of rotatable bonds is 4. The lowest BCUT2D eigenvalue weighted by molar-refractivity contribution is -0.127. The highest BCUT2D eigenvalue weighted by molar-refractivity contribution is 5.79. The van der Waals surface area contributed by atoms with E-state index in [1.807, 2.05) is 37.3 Å². The van der Waals surface area contributed by atoms with Crippen molar-refractivity contribution < 1.29 is 4.79 Å². The van der Waals surface area contributed by atoms with Crippen LogP contribution in [0.25, 0.3) is 0 Å². The smallest absolute Gasteiger partial charge is 0.230 e. The largest absolute Gasteiger partial charge is 0.320 e. The van der Waals surface area contributed by atoms with E-state index in [4.69, 9.17) is 0 Å². The summed E-state index contributed by atoms with van der Waals surface area (Å²) in [5.41, 5.74) is 1.04. The van der Waals surface area contributed by atoms with Gasteiger partial charge in [0.2, 0.25) is 5.91 Å². The summed E-state index contributed by atoms with van der Waals surface area (Å²) >= 11 is 0. The van der Waals surface area contributed by atoms with Gasteiger partial charge in [0.1, 0.15) is 0 Å². The fourth-order valence-corrected chi connectivity index (χ4v) is 1.28. The molecule has 2 nitrogen and oxygen atoms in total. The summed E-state index contributed by atoms with van der Waals surface area (Å²) in [5, 5.41) is 0. The molecule has 0 aliphatic rings. The van der Waals surface area contributed by atoms with Crippen LogP contribution >= 0.6 is 0 Å². The molecule has 0 aliphatic heterocycles. The molecule has 1 amide bonds. The molecule has 0 radical (unpaired) electrons. The van der Waals surface area contributed by atoms with Gasteiger partial charge in [-0.25, -0.2) is 0 Å².